The van der Waals surface area contributed by atoms with Crippen molar-refractivity contribution in [3.8, 4) is 0 Å². The number of hydrogen-bond acceptors (Lipinski definition) is 4. The van der Waals surface area contributed by atoms with Crippen molar-refractivity contribution in [1.29, 1.82) is 0 Å². The van der Waals surface area contributed by atoms with Gasteiger partial charge in [-0.15, -0.1) is 0 Å². The Bertz CT molecular complexity index is 804. The molecule has 2 rings (SSSR count). The molecular weight excluding hydrogens is 272 g/mol. The highest BCUT2D eigenvalue weighted by Crippen LogP contribution is 2.20. The Hall–Kier alpha value is -2.79. The summed E-state index contributed by atoms with van der Waals surface area (Å²) in [7, 11) is 0. The largest absolute Gasteiger partial charge is 0.462 e. The average Bonchev–Trinajstić information content (AvgIpc) is 2.48. The maximum Gasteiger partial charge on any atom is 0.343 e. The van der Waals surface area contributed by atoms with Crippen molar-refractivity contribution in [2.24, 2.45) is 5.11 Å². The van der Waals surface area contributed by atoms with Crippen LogP contribution in [0.3, 0.4) is 0 Å². The maximum atomic E-state index is 12.4. The molecule has 2 aromatic rings. The van der Waals surface area contributed by atoms with Gasteiger partial charge in [0.2, 0.25) is 5.43 Å². The smallest absolute Gasteiger partial charge is 0.343 e. The van der Waals surface area contributed by atoms with Gasteiger partial charge in [0.15, 0.2) is 0 Å². The third-order valence-corrected chi connectivity index (χ3v) is 3.06. The average molecular weight is 286 g/mol. The van der Waals surface area contributed by atoms with Gasteiger partial charge >= 0.3 is 5.97 Å². The van der Waals surface area contributed by atoms with Gasteiger partial charge in [-0.2, -0.15) is 0 Å². The molecule has 0 radical (unpaired) electrons. The molecule has 0 aliphatic carbocycles. The van der Waals surface area contributed by atoms with E-state index in [2.05, 4.69) is 10.0 Å². The summed E-state index contributed by atoms with van der Waals surface area (Å²) in [6.07, 6.45) is 1.50. The van der Waals surface area contributed by atoms with Crippen LogP contribution >= 0.6 is 0 Å². The van der Waals surface area contributed by atoms with E-state index in [-0.39, 0.29) is 12.2 Å². The van der Waals surface area contributed by atoms with Gasteiger partial charge in [-0.3, -0.25) is 4.79 Å². The van der Waals surface area contributed by atoms with E-state index in [4.69, 9.17) is 10.3 Å². The van der Waals surface area contributed by atoms with Crippen LogP contribution in [0.2, 0.25) is 0 Å². The lowest BCUT2D eigenvalue weighted by atomic mass is 10.1. The first-order chi connectivity index (χ1) is 10.1. The maximum absolute atomic E-state index is 12.4. The zero-order valence-electron chi connectivity index (χ0n) is 11.7. The Morgan fingerprint density at radius 2 is 2.19 bits per heavy atom. The Kier molecular flexibility index (Phi) is 4.25. The van der Waals surface area contributed by atoms with Crippen LogP contribution in [0.5, 0.6) is 0 Å². The van der Waals surface area contributed by atoms with Crippen molar-refractivity contribution >= 4 is 22.6 Å². The number of benzene rings is 1. The lowest BCUT2D eigenvalue weighted by Crippen LogP contribution is -2.20. The monoisotopic (exact) mass is 286 g/mol. The van der Waals surface area contributed by atoms with Crippen LogP contribution in [0.4, 0.5) is 5.69 Å². The van der Waals surface area contributed by atoms with Gasteiger partial charge < -0.3 is 9.30 Å². The highest BCUT2D eigenvalue weighted by Gasteiger charge is 2.16. The van der Waals surface area contributed by atoms with E-state index in [9.17, 15) is 9.59 Å². The van der Waals surface area contributed by atoms with Crippen LogP contribution in [0, 0.1) is 0 Å². The van der Waals surface area contributed by atoms with E-state index in [0.717, 1.165) is 0 Å². The standard InChI is InChI=1S/C14H14N4O3/c1-3-18-8-11(14(20)21-4-2)13(19)10-7-9(16-17-15)5-6-12(10)18/h5-8H,3-4H2,1-2H3. The van der Waals surface area contributed by atoms with Crippen LogP contribution in [0.1, 0.15) is 24.2 Å². The zero-order chi connectivity index (χ0) is 15.4. The Morgan fingerprint density at radius 1 is 1.43 bits per heavy atom. The Balaban J connectivity index is 2.78. The number of carbonyl (C=O) groups excluding carboxylic acids is 1. The predicted octanol–water partition coefficient (Wildman–Crippen LogP) is 3.14. The van der Waals surface area contributed by atoms with Gasteiger partial charge in [-0.1, -0.05) is 11.2 Å². The van der Waals surface area contributed by atoms with Crippen molar-refractivity contribution in [1.82, 2.24) is 4.57 Å². The second-order valence-electron chi connectivity index (χ2n) is 4.27. The molecule has 1 aromatic carbocycles. The lowest BCUT2D eigenvalue weighted by molar-refractivity contribution is 0.0524. The van der Waals surface area contributed by atoms with Crippen LogP contribution in [0.25, 0.3) is 21.3 Å². The topological polar surface area (TPSA) is 97.1 Å². The highest BCUT2D eigenvalue weighted by molar-refractivity contribution is 5.94. The fourth-order valence-electron chi connectivity index (χ4n) is 2.12. The predicted molar refractivity (Wildman–Crippen MR) is 78.6 cm³/mol. The van der Waals surface area contributed by atoms with Crippen LogP contribution < -0.4 is 5.43 Å². The normalized spacial score (nSPS) is 10.2. The van der Waals surface area contributed by atoms with Gasteiger partial charge in [0, 0.05) is 28.7 Å². The minimum absolute atomic E-state index is 0.0238. The summed E-state index contributed by atoms with van der Waals surface area (Å²) in [5.74, 6) is -0.652. The molecule has 0 N–H and O–H groups in total. The number of azide groups is 1. The molecule has 0 unspecified atom stereocenters. The number of esters is 1. The summed E-state index contributed by atoms with van der Waals surface area (Å²) >= 11 is 0. The molecule has 0 amide bonds. The molecule has 0 aliphatic heterocycles. The molecule has 108 valence electrons. The van der Waals surface area contributed by atoms with Crippen molar-refractivity contribution in [3.05, 3.63) is 50.6 Å². The second kappa shape index (κ2) is 6.11. The number of carbonyl (C=O) groups is 1. The number of ether oxygens (including phenoxy) is 1. The Morgan fingerprint density at radius 3 is 2.81 bits per heavy atom. The molecule has 21 heavy (non-hydrogen) atoms. The third-order valence-electron chi connectivity index (χ3n) is 3.06. The van der Waals surface area contributed by atoms with Gasteiger partial charge in [-0.05, 0) is 31.5 Å². The van der Waals surface area contributed by atoms with Gasteiger partial charge in [-0.25, -0.2) is 4.79 Å². The SMILES string of the molecule is CCOC(=O)c1cn(CC)c2ccc(N=[N+]=[N-])cc2c1=O. The van der Waals surface area contributed by atoms with Crippen LogP contribution in [0.15, 0.2) is 34.3 Å². The minimum atomic E-state index is -0.652. The fourth-order valence-corrected chi connectivity index (χ4v) is 2.12. The molecule has 7 nitrogen and oxygen atoms in total. The quantitative estimate of drug-likeness (QED) is 0.373. The number of nitrogens with zero attached hydrogens (tertiary/aromatic N) is 4. The first-order valence-electron chi connectivity index (χ1n) is 6.51. The third kappa shape index (κ3) is 2.73. The van der Waals surface area contributed by atoms with Crippen molar-refractivity contribution in [2.45, 2.75) is 20.4 Å². The van der Waals surface area contributed by atoms with E-state index in [1.54, 1.807) is 23.6 Å². The molecule has 0 atom stereocenters. The molecule has 0 fully saturated rings. The fraction of sp³-hybridized carbons (Fsp3) is 0.286. The molecule has 7 heteroatoms. The molecule has 0 saturated heterocycles. The van der Waals surface area contributed by atoms with E-state index < -0.39 is 11.4 Å². The summed E-state index contributed by atoms with van der Waals surface area (Å²) in [6, 6.07) is 4.79. The molecule has 1 aromatic heterocycles. The number of rotatable bonds is 4. The summed E-state index contributed by atoms with van der Waals surface area (Å²) in [4.78, 5) is 27.0. The summed E-state index contributed by atoms with van der Waals surface area (Å²) in [5.41, 5.74) is 9.02. The van der Waals surface area contributed by atoms with E-state index in [1.807, 2.05) is 6.92 Å². The van der Waals surface area contributed by atoms with E-state index >= 15 is 0 Å². The summed E-state index contributed by atoms with van der Waals surface area (Å²) in [6.45, 7) is 4.36. The molecule has 0 bridgehead atoms. The first-order valence-corrected chi connectivity index (χ1v) is 6.51. The first kappa shape index (κ1) is 14.6. The van der Waals surface area contributed by atoms with E-state index in [1.165, 1.54) is 12.3 Å². The highest BCUT2D eigenvalue weighted by atomic mass is 16.5. The molecular formula is C14H14N4O3. The number of hydrogen-bond donors (Lipinski definition) is 0. The van der Waals surface area contributed by atoms with Crippen LogP contribution in [-0.2, 0) is 11.3 Å². The second-order valence-corrected chi connectivity index (χ2v) is 4.27. The minimum Gasteiger partial charge on any atom is -0.462 e. The number of aryl methyl sites for hydroxylation is 1. The number of pyridine rings is 1. The van der Waals surface area contributed by atoms with E-state index in [0.29, 0.717) is 23.1 Å². The van der Waals surface area contributed by atoms with Gasteiger partial charge in [0.05, 0.1) is 12.1 Å². The number of aromatic nitrogens is 1. The Labute approximate surface area is 120 Å². The molecule has 0 saturated carbocycles. The zero-order valence-corrected chi connectivity index (χ0v) is 11.7. The lowest BCUT2D eigenvalue weighted by Gasteiger charge is -2.11. The van der Waals surface area contributed by atoms with Crippen LogP contribution in [-0.4, -0.2) is 17.1 Å². The van der Waals surface area contributed by atoms with Crippen molar-refractivity contribution in [2.75, 3.05) is 6.61 Å². The van der Waals surface area contributed by atoms with Gasteiger partial charge in [0.1, 0.15) is 5.56 Å². The number of fused-ring (bicyclic) bond motifs is 1. The van der Waals surface area contributed by atoms with Gasteiger partial charge in [0.25, 0.3) is 0 Å². The summed E-state index contributed by atoms with van der Waals surface area (Å²) in [5, 5.41) is 3.81. The van der Waals surface area contributed by atoms with Crippen molar-refractivity contribution < 1.29 is 9.53 Å². The van der Waals surface area contributed by atoms with Crippen molar-refractivity contribution in [3.63, 3.8) is 0 Å². The summed E-state index contributed by atoms with van der Waals surface area (Å²) < 4.78 is 6.68. The molecule has 0 aliphatic rings. The molecule has 1 heterocycles. The molecule has 0 spiro atoms.